The molecule has 0 saturated heterocycles. The van der Waals surface area contributed by atoms with Gasteiger partial charge in [0.15, 0.2) is 11.9 Å². The van der Waals surface area contributed by atoms with Crippen LogP contribution in [0, 0.1) is 0 Å². The van der Waals surface area contributed by atoms with E-state index in [1.165, 1.54) is 0 Å². The molecule has 1 atom stereocenters. The molecule has 1 N–H and O–H groups in total. The van der Waals surface area contributed by atoms with E-state index >= 15 is 0 Å². The number of amides is 1. The largest absolute Gasteiger partial charge is 0.481 e. The van der Waals surface area contributed by atoms with Gasteiger partial charge in [-0.05, 0) is 49.4 Å². The van der Waals surface area contributed by atoms with Crippen molar-refractivity contribution in [3.63, 3.8) is 0 Å². The standard InChI is InChI=1S/C22H18ClNO3/c1-15(22(26)24-19-9-5-8-18(23)14-19)27-20-12-10-17(11-13-20)21(25)16-6-3-2-4-7-16/h2-15H,1H3,(H,24,26)/t15-/m0/s1. The minimum Gasteiger partial charge on any atom is -0.481 e. The predicted octanol–water partition coefficient (Wildman–Crippen LogP) is 4.98. The summed E-state index contributed by atoms with van der Waals surface area (Å²) in [5.74, 6) is 0.156. The number of benzene rings is 3. The molecular weight excluding hydrogens is 362 g/mol. The van der Waals surface area contributed by atoms with E-state index in [1.54, 1.807) is 67.6 Å². The number of rotatable bonds is 6. The molecule has 0 heterocycles. The minimum atomic E-state index is -0.709. The molecule has 5 heteroatoms. The smallest absolute Gasteiger partial charge is 0.265 e. The molecule has 0 fully saturated rings. The van der Waals surface area contributed by atoms with Crippen molar-refractivity contribution < 1.29 is 14.3 Å². The molecule has 0 unspecified atom stereocenters. The van der Waals surface area contributed by atoms with Crippen LogP contribution in [0.4, 0.5) is 5.69 Å². The van der Waals surface area contributed by atoms with Gasteiger partial charge in [0.05, 0.1) is 0 Å². The Labute approximate surface area is 162 Å². The maximum absolute atomic E-state index is 12.4. The van der Waals surface area contributed by atoms with Crippen LogP contribution in [0.2, 0.25) is 5.02 Å². The molecule has 3 aromatic carbocycles. The molecule has 4 nitrogen and oxygen atoms in total. The first-order chi connectivity index (χ1) is 13.0. The predicted molar refractivity (Wildman–Crippen MR) is 106 cm³/mol. The van der Waals surface area contributed by atoms with Gasteiger partial charge in [-0.1, -0.05) is 48.0 Å². The summed E-state index contributed by atoms with van der Waals surface area (Å²) in [5.41, 5.74) is 1.79. The monoisotopic (exact) mass is 379 g/mol. The maximum atomic E-state index is 12.4. The molecule has 27 heavy (non-hydrogen) atoms. The van der Waals surface area contributed by atoms with Crippen molar-refractivity contribution >= 4 is 29.0 Å². The zero-order chi connectivity index (χ0) is 19.2. The molecular formula is C22H18ClNO3. The lowest BCUT2D eigenvalue weighted by Crippen LogP contribution is -2.30. The molecule has 0 spiro atoms. The third-order valence-corrected chi connectivity index (χ3v) is 4.16. The molecule has 3 rings (SSSR count). The number of carbonyl (C=O) groups is 2. The summed E-state index contributed by atoms with van der Waals surface area (Å²) in [6.45, 7) is 1.66. The molecule has 0 bridgehead atoms. The SMILES string of the molecule is C[C@H](Oc1ccc(C(=O)c2ccccc2)cc1)C(=O)Nc1cccc(Cl)c1. The number of hydrogen-bond donors (Lipinski definition) is 1. The van der Waals surface area contributed by atoms with Crippen molar-refractivity contribution in [1.82, 2.24) is 0 Å². The van der Waals surface area contributed by atoms with Gasteiger partial charge in [-0.25, -0.2) is 0 Å². The zero-order valence-corrected chi connectivity index (χ0v) is 15.4. The van der Waals surface area contributed by atoms with E-state index in [-0.39, 0.29) is 11.7 Å². The second-order valence-electron chi connectivity index (χ2n) is 5.98. The Hall–Kier alpha value is -3.11. The zero-order valence-electron chi connectivity index (χ0n) is 14.7. The number of halogens is 1. The Kier molecular flexibility index (Phi) is 5.89. The van der Waals surface area contributed by atoms with Gasteiger partial charge in [-0.3, -0.25) is 9.59 Å². The van der Waals surface area contributed by atoms with Gasteiger partial charge in [-0.2, -0.15) is 0 Å². The summed E-state index contributed by atoms with van der Waals surface area (Å²) in [4.78, 5) is 24.7. The molecule has 3 aromatic rings. The lowest BCUT2D eigenvalue weighted by molar-refractivity contribution is -0.122. The normalized spacial score (nSPS) is 11.5. The Bertz CT molecular complexity index is 939. The van der Waals surface area contributed by atoms with E-state index in [1.807, 2.05) is 18.2 Å². The number of carbonyl (C=O) groups excluding carboxylic acids is 2. The Balaban J connectivity index is 1.62. The number of ether oxygens (including phenoxy) is 1. The van der Waals surface area contributed by atoms with E-state index < -0.39 is 6.10 Å². The van der Waals surface area contributed by atoms with Crippen LogP contribution in [0.15, 0.2) is 78.9 Å². The van der Waals surface area contributed by atoms with Gasteiger partial charge in [0.25, 0.3) is 5.91 Å². The van der Waals surface area contributed by atoms with Crippen molar-refractivity contribution in [1.29, 1.82) is 0 Å². The van der Waals surface area contributed by atoms with Crippen molar-refractivity contribution in [2.45, 2.75) is 13.0 Å². The highest BCUT2D eigenvalue weighted by Crippen LogP contribution is 2.18. The van der Waals surface area contributed by atoms with E-state index in [2.05, 4.69) is 5.32 Å². The van der Waals surface area contributed by atoms with Crippen LogP contribution in [0.5, 0.6) is 5.75 Å². The highest BCUT2D eigenvalue weighted by molar-refractivity contribution is 6.30. The summed E-state index contributed by atoms with van der Waals surface area (Å²) in [5, 5.41) is 3.29. The average molecular weight is 380 g/mol. The summed E-state index contributed by atoms with van der Waals surface area (Å²) in [6.07, 6.45) is -0.709. The lowest BCUT2D eigenvalue weighted by atomic mass is 10.0. The van der Waals surface area contributed by atoms with Crippen molar-refractivity contribution in [3.8, 4) is 5.75 Å². The number of anilines is 1. The fraction of sp³-hybridized carbons (Fsp3) is 0.0909. The highest BCUT2D eigenvalue weighted by Gasteiger charge is 2.15. The molecule has 0 radical (unpaired) electrons. The molecule has 0 saturated carbocycles. The topological polar surface area (TPSA) is 55.4 Å². The number of hydrogen-bond acceptors (Lipinski definition) is 3. The van der Waals surface area contributed by atoms with Crippen LogP contribution >= 0.6 is 11.6 Å². The van der Waals surface area contributed by atoms with E-state index in [4.69, 9.17) is 16.3 Å². The minimum absolute atomic E-state index is 0.0612. The number of ketones is 1. The number of nitrogens with one attached hydrogen (secondary N) is 1. The molecule has 0 aliphatic rings. The Morgan fingerprint density at radius 1 is 0.889 bits per heavy atom. The molecule has 136 valence electrons. The quantitative estimate of drug-likeness (QED) is 0.615. The van der Waals surface area contributed by atoms with E-state index in [9.17, 15) is 9.59 Å². The van der Waals surface area contributed by atoms with Crippen LogP contribution in [-0.2, 0) is 4.79 Å². The van der Waals surface area contributed by atoms with E-state index in [0.717, 1.165) is 0 Å². The third kappa shape index (κ3) is 4.96. The fourth-order valence-electron chi connectivity index (χ4n) is 2.51. The van der Waals surface area contributed by atoms with Gasteiger partial charge in [0.1, 0.15) is 5.75 Å². The first kappa shape index (κ1) is 18.7. The summed E-state index contributed by atoms with van der Waals surface area (Å²) in [7, 11) is 0. The lowest BCUT2D eigenvalue weighted by Gasteiger charge is -2.15. The van der Waals surface area contributed by atoms with E-state index in [0.29, 0.717) is 27.6 Å². The van der Waals surface area contributed by atoms with Crippen LogP contribution in [-0.4, -0.2) is 17.8 Å². The van der Waals surface area contributed by atoms with Crippen LogP contribution in [0.1, 0.15) is 22.8 Å². The third-order valence-electron chi connectivity index (χ3n) is 3.93. The highest BCUT2D eigenvalue weighted by atomic mass is 35.5. The molecule has 0 aromatic heterocycles. The summed E-state index contributed by atoms with van der Waals surface area (Å²) >= 11 is 5.91. The van der Waals surface area contributed by atoms with Crippen molar-refractivity contribution in [2.75, 3.05) is 5.32 Å². The Morgan fingerprint density at radius 2 is 1.56 bits per heavy atom. The van der Waals surface area contributed by atoms with Gasteiger partial charge in [0.2, 0.25) is 0 Å². The van der Waals surface area contributed by atoms with Gasteiger partial charge >= 0.3 is 0 Å². The maximum Gasteiger partial charge on any atom is 0.265 e. The molecule has 0 aliphatic carbocycles. The second-order valence-corrected chi connectivity index (χ2v) is 6.42. The van der Waals surface area contributed by atoms with Crippen LogP contribution < -0.4 is 10.1 Å². The van der Waals surface area contributed by atoms with Crippen LogP contribution in [0.25, 0.3) is 0 Å². The molecule has 1 amide bonds. The first-order valence-corrected chi connectivity index (χ1v) is 8.83. The van der Waals surface area contributed by atoms with Gasteiger partial charge in [-0.15, -0.1) is 0 Å². The van der Waals surface area contributed by atoms with Crippen molar-refractivity contribution in [2.24, 2.45) is 0 Å². The molecule has 0 aliphatic heterocycles. The second kappa shape index (κ2) is 8.52. The summed E-state index contributed by atoms with van der Waals surface area (Å²) < 4.78 is 5.66. The fourth-order valence-corrected chi connectivity index (χ4v) is 2.70. The first-order valence-electron chi connectivity index (χ1n) is 8.46. The van der Waals surface area contributed by atoms with Gasteiger partial charge in [0, 0.05) is 21.8 Å². The van der Waals surface area contributed by atoms with Crippen molar-refractivity contribution in [3.05, 3.63) is 95.0 Å². The Morgan fingerprint density at radius 3 is 2.22 bits per heavy atom. The summed E-state index contributed by atoms with van der Waals surface area (Å²) in [6, 6.07) is 22.7. The van der Waals surface area contributed by atoms with Crippen LogP contribution in [0.3, 0.4) is 0 Å². The van der Waals surface area contributed by atoms with Gasteiger partial charge < -0.3 is 10.1 Å². The average Bonchev–Trinajstić information content (AvgIpc) is 2.68.